The summed E-state index contributed by atoms with van der Waals surface area (Å²) in [5.74, 6) is 0. The number of hydrogen-bond acceptors (Lipinski definition) is 3. The second kappa shape index (κ2) is 6.24. The molecule has 1 aliphatic rings. The minimum Gasteiger partial charge on any atom is -0.444 e. The van der Waals surface area contributed by atoms with Gasteiger partial charge in [-0.25, -0.2) is 4.79 Å². The standard InChI is InChI=1S/C18H25N3O2/c1-18(2,3)23-17(22)21-11-9-20(10-12-21)13-14-5-4-6-16-15(14)7-8-19-16/h4-8,19H,9-13H2,1-3H3. The third-order valence-corrected chi connectivity index (χ3v) is 4.10. The summed E-state index contributed by atoms with van der Waals surface area (Å²) in [4.78, 5) is 19.5. The molecule has 0 bridgehead atoms. The van der Waals surface area contributed by atoms with E-state index >= 15 is 0 Å². The van der Waals surface area contributed by atoms with Crippen molar-refractivity contribution in [2.24, 2.45) is 0 Å². The fourth-order valence-corrected chi connectivity index (χ4v) is 2.94. The summed E-state index contributed by atoms with van der Waals surface area (Å²) in [5.41, 5.74) is 2.07. The largest absolute Gasteiger partial charge is 0.444 e. The average Bonchev–Trinajstić information content (AvgIpc) is 2.96. The van der Waals surface area contributed by atoms with Gasteiger partial charge < -0.3 is 14.6 Å². The number of nitrogens with zero attached hydrogens (tertiary/aromatic N) is 2. The minimum atomic E-state index is -0.432. The summed E-state index contributed by atoms with van der Waals surface area (Å²) < 4.78 is 5.44. The molecule has 1 N–H and O–H groups in total. The van der Waals surface area contributed by atoms with E-state index in [0.29, 0.717) is 0 Å². The number of piperazine rings is 1. The average molecular weight is 315 g/mol. The molecular formula is C18H25N3O2. The van der Waals surface area contributed by atoms with Gasteiger partial charge in [-0.2, -0.15) is 0 Å². The van der Waals surface area contributed by atoms with Gasteiger partial charge in [-0.15, -0.1) is 0 Å². The van der Waals surface area contributed by atoms with Gasteiger partial charge in [0.15, 0.2) is 0 Å². The number of fused-ring (bicyclic) bond motifs is 1. The van der Waals surface area contributed by atoms with Crippen LogP contribution in [0.2, 0.25) is 0 Å². The molecule has 23 heavy (non-hydrogen) atoms. The highest BCUT2D eigenvalue weighted by atomic mass is 16.6. The van der Waals surface area contributed by atoms with Gasteiger partial charge in [0.25, 0.3) is 0 Å². The zero-order valence-electron chi connectivity index (χ0n) is 14.1. The van der Waals surface area contributed by atoms with Crippen molar-refractivity contribution in [2.45, 2.75) is 32.9 Å². The van der Waals surface area contributed by atoms with Gasteiger partial charge >= 0.3 is 6.09 Å². The number of aromatic amines is 1. The van der Waals surface area contributed by atoms with Gasteiger partial charge in [0.05, 0.1) is 0 Å². The Morgan fingerprint density at radius 3 is 2.61 bits per heavy atom. The zero-order chi connectivity index (χ0) is 16.4. The number of nitrogens with one attached hydrogen (secondary N) is 1. The smallest absolute Gasteiger partial charge is 0.410 e. The fourth-order valence-electron chi connectivity index (χ4n) is 2.94. The predicted octanol–water partition coefficient (Wildman–Crippen LogP) is 3.22. The first-order valence-corrected chi connectivity index (χ1v) is 8.18. The van der Waals surface area contributed by atoms with Crippen molar-refractivity contribution in [1.29, 1.82) is 0 Å². The third-order valence-electron chi connectivity index (χ3n) is 4.10. The van der Waals surface area contributed by atoms with Crippen LogP contribution >= 0.6 is 0 Å². The lowest BCUT2D eigenvalue weighted by atomic mass is 10.1. The molecule has 1 amide bonds. The molecule has 124 valence electrons. The Kier molecular flexibility index (Phi) is 4.31. The Labute approximate surface area is 137 Å². The molecule has 0 spiro atoms. The lowest BCUT2D eigenvalue weighted by molar-refractivity contribution is 0.0139. The first kappa shape index (κ1) is 15.9. The van der Waals surface area contributed by atoms with Gasteiger partial charge in [-0.3, -0.25) is 4.90 Å². The third kappa shape index (κ3) is 3.85. The number of ether oxygens (including phenoxy) is 1. The second-order valence-corrected chi connectivity index (χ2v) is 7.10. The van der Waals surface area contributed by atoms with E-state index in [9.17, 15) is 4.79 Å². The van der Waals surface area contributed by atoms with Crippen LogP contribution < -0.4 is 0 Å². The monoisotopic (exact) mass is 315 g/mol. The molecule has 1 aromatic carbocycles. The van der Waals surface area contributed by atoms with Crippen molar-refractivity contribution in [3.05, 3.63) is 36.0 Å². The maximum atomic E-state index is 12.1. The van der Waals surface area contributed by atoms with Crippen molar-refractivity contribution in [1.82, 2.24) is 14.8 Å². The lowest BCUT2D eigenvalue weighted by Gasteiger charge is -2.35. The summed E-state index contributed by atoms with van der Waals surface area (Å²) in [6, 6.07) is 8.49. The Bertz CT molecular complexity index is 679. The Balaban J connectivity index is 1.57. The molecule has 1 aliphatic heterocycles. The van der Waals surface area contributed by atoms with E-state index in [-0.39, 0.29) is 6.09 Å². The second-order valence-electron chi connectivity index (χ2n) is 7.10. The highest BCUT2D eigenvalue weighted by Crippen LogP contribution is 2.20. The SMILES string of the molecule is CC(C)(C)OC(=O)N1CCN(Cc2cccc3[nH]ccc23)CC1. The molecule has 0 unspecified atom stereocenters. The summed E-state index contributed by atoms with van der Waals surface area (Å²) in [5, 5.41) is 1.28. The van der Waals surface area contributed by atoms with E-state index < -0.39 is 5.60 Å². The molecular weight excluding hydrogens is 290 g/mol. The van der Waals surface area contributed by atoms with Gasteiger partial charge in [0.2, 0.25) is 0 Å². The quantitative estimate of drug-likeness (QED) is 0.925. The molecule has 3 rings (SSSR count). The molecule has 2 aromatic rings. The highest BCUT2D eigenvalue weighted by molar-refractivity contribution is 5.82. The van der Waals surface area contributed by atoms with E-state index in [2.05, 4.69) is 34.1 Å². The van der Waals surface area contributed by atoms with E-state index in [4.69, 9.17) is 4.74 Å². The number of hydrogen-bond donors (Lipinski definition) is 1. The van der Waals surface area contributed by atoms with Crippen LogP contribution in [0.3, 0.4) is 0 Å². The van der Waals surface area contributed by atoms with E-state index in [1.807, 2.05) is 27.0 Å². The Morgan fingerprint density at radius 1 is 1.17 bits per heavy atom. The molecule has 0 saturated carbocycles. The first-order chi connectivity index (χ1) is 10.9. The minimum absolute atomic E-state index is 0.204. The van der Waals surface area contributed by atoms with Gasteiger partial charge in [-0.1, -0.05) is 12.1 Å². The number of amides is 1. The van der Waals surface area contributed by atoms with Crippen LogP contribution in [-0.4, -0.2) is 52.7 Å². The van der Waals surface area contributed by atoms with Crippen LogP contribution in [0, 0.1) is 0 Å². The molecule has 2 heterocycles. The number of aromatic nitrogens is 1. The van der Waals surface area contributed by atoms with Crippen LogP contribution in [0.4, 0.5) is 4.79 Å². The number of benzene rings is 1. The maximum absolute atomic E-state index is 12.1. The topological polar surface area (TPSA) is 48.6 Å². The van der Waals surface area contributed by atoms with E-state index in [1.165, 1.54) is 16.5 Å². The van der Waals surface area contributed by atoms with Crippen LogP contribution in [0.1, 0.15) is 26.3 Å². The van der Waals surface area contributed by atoms with Crippen LogP contribution in [-0.2, 0) is 11.3 Å². The number of H-pyrrole nitrogens is 1. The highest BCUT2D eigenvalue weighted by Gasteiger charge is 2.25. The molecule has 1 fully saturated rings. The Hall–Kier alpha value is -2.01. The molecule has 0 radical (unpaired) electrons. The Morgan fingerprint density at radius 2 is 1.91 bits per heavy atom. The van der Waals surface area contributed by atoms with Crippen molar-refractivity contribution in [3.8, 4) is 0 Å². The van der Waals surface area contributed by atoms with Gasteiger partial charge in [0, 0.05) is 49.8 Å². The predicted molar refractivity (Wildman–Crippen MR) is 91.4 cm³/mol. The van der Waals surface area contributed by atoms with Gasteiger partial charge in [0.1, 0.15) is 5.60 Å². The number of rotatable bonds is 2. The van der Waals surface area contributed by atoms with Crippen LogP contribution in [0.15, 0.2) is 30.5 Å². The summed E-state index contributed by atoms with van der Waals surface area (Å²) in [6.07, 6.45) is 1.78. The lowest BCUT2D eigenvalue weighted by Crippen LogP contribution is -2.49. The van der Waals surface area contributed by atoms with Crippen molar-refractivity contribution >= 4 is 17.0 Å². The molecule has 0 aliphatic carbocycles. The summed E-state index contributed by atoms with van der Waals surface area (Å²) in [6.45, 7) is 9.81. The van der Waals surface area contributed by atoms with Crippen molar-refractivity contribution in [2.75, 3.05) is 26.2 Å². The van der Waals surface area contributed by atoms with Crippen molar-refractivity contribution in [3.63, 3.8) is 0 Å². The van der Waals surface area contributed by atoms with Crippen molar-refractivity contribution < 1.29 is 9.53 Å². The molecule has 0 atom stereocenters. The summed E-state index contributed by atoms with van der Waals surface area (Å²) >= 11 is 0. The number of carbonyl (C=O) groups is 1. The normalized spacial score (nSPS) is 16.7. The van der Waals surface area contributed by atoms with E-state index in [1.54, 1.807) is 4.90 Å². The molecule has 1 saturated heterocycles. The molecule has 5 heteroatoms. The van der Waals surface area contributed by atoms with Gasteiger partial charge in [-0.05, 0) is 38.5 Å². The van der Waals surface area contributed by atoms with E-state index in [0.717, 1.165) is 32.7 Å². The van der Waals surface area contributed by atoms with Crippen LogP contribution in [0.5, 0.6) is 0 Å². The van der Waals surface area contributed by atoms with Crippen LogP contribution in [0.25, 0.3) is 10.9 Å². The molecule has 1 aromatic heterocycles. The molecule has 5 nitrogen and oxygen atoms in total. The fraction of sp³-hybridized carbons (Fsp3) is 0.500. The first-order valence-electron chi connectivity index (χ1n) is 8.18. The number of carbonyl (C=O) groups excluding carboxylic acids is 1. The maximum Gasteiger partial charge on any atom is 0.410 e. The summed E-state index contributed by atoms with van der Waals surface area (Å²) in [7, 11) is 0. The zero-order valence-corrected chi connectivity index (χ0v) is 14.1.